The van der Waals surface area contributed by atoms with Crippen molar-refractivity contribution in [1.82, 2.24) is 10.6 Å². The van der Waals surface area contributed by atoms with Gasteiger partial charge < -0.3 is 10.6 Å². The Hall–Kier alpha value is -0.910. The van der Waals surface area contributed by atoms with E-state index in [-0.39, 0.29) is 30.1 Å². The third kappa shape index (κ3) is 3.80. The number of Topliss-reactive ketones (excluding diaryl/α,β-unsaturated/α-hetero) is 1. The number of rotatable bonds is 3. The molecule has 100 valence electrons. The Morgan fingerprint density at radius 1 is 1.39 bits per heavy atom. The number of hydrogen-bond donors (Lipinski definition) is 2. The second kappa shape index (κ2) is 6.87. The molecule has 0 unspecified atom stereocenters. The van der Waals surface area contributed by atoms with E-state index in [1.807, 2.05) is 0 Å². The molecule has 6 heteroatoms. The third-order valence-electron chi connectivity index (χ3n) is 2.90. The SMILES string of the molecule is CC(=O)c1csc(C(=O)NC2CCNCC2)c1.Cl. The molecule has 1 aromatic rings. The summed E-state index contributed by atoms with van der Waals surface area (Å²) in [7, 11) is 0. The normalized spacial score (nSPS) is 15.8. The largest absolute Gasteiger partial charge is 0.349 e. The molecule has 1 fully saturated rings. The Bertz CT molecular complexity index is 427. The van der Waals surface area contributed by atoms with E-state index in [1.165, 1.54) is 18.3 Å². The van der Waals surface area contributed by atoms with Crippen molar-refractivity contribution < 1.29 is 9.59 Å². The molecule has 4 nitrogen and oxygen atoms in total. The van der Waals surface area contributed by atoms with Gasteiger partial charge in [-0.2, -0.15) is 0 Å². The zero-order chi connectivity index (χ0) is 12.3. The van der Waals surface area contributed by atoms with E-state index in [9.17, 15) is 9.59 Å². The average Bonchev–Trinajstić information content (AvgIpc) is 2.79. The molecule has 0 aliphatic carbocycles. The van der Waals surface area contributed by atoms with Gasteiger partial charge >= 0.3 is 0 Å². The second-order valence-corrected chi connectivity index (χ2v) is 5.16. The van der Waals surface area contributed by atoms with Gasteiger partial charge in [-0.25, -0.2) is 0 Å². The van der Waals surface area contributed by atoms with Crippen molar-refractivity contribution in [2.45, 2.75) is 25.8 Å². The van der Waals surface area contributed by atoms with Crippen molar-refractivity contribution in [2.24, 2.45) is 0 Å². The first-order chi connectivity index (χ1) is 8.16. The summed E-state index contributed by atoms with van der Waals surface area (Å²) >= 11 is 1.33. The molecule has 2 heterocycles. The van der Waals surface area contributed by atoms with E-state index in [1.54, 1.807) is 11.4 Å². The number of piperidine rings is 1. The second-order valence-electron chi connectivity index (χ2n) is 4.25. The molecule has 2 N–H and O–H groups in total. The quantitative estimate of drug-likeness (QED) is 0.835. The van der Waals surface area contributed by atoms with Crippen molar-refractivity contribution in [3.8, 4) is 0 Å². The number of nitrogens with one attached hydrogen (secondary N) is 2. The standard InChI is InChI=1S/C12H16N2O2S.ClH/c1-8(15)9-6-11(17-7-9)12(16)14-10-2-4-13-5-3-10;/h6-7,10,13H,2-5H2,1H3,(H,14,16);1H. The van der Waals surface area contributed by atoms with Crippen LogP contribution < -0.4 is 10.6 Å². The molecule has 1 amide bonds. The number of halogens is 1. The van der Waals surface area contributed by atoms with E-state index >= 15 is 0 Å². The number of ketones is 1. The Balaban J connectivity index is 0.00000162. The average molecular weight is 289 g/mol. The predicted octanol–water partition coefficient (Wildman–Crippen LogP) is 1.85. The minimum Gasteiger partial charge on any atom is -0.349 e. The van der Waals surface area contributed by atoms with Crippen molar-refractivity contribution in [2.75, 3.05) is 13.1 Å². The topological polar surface area (TPSA) is 58.2 Å². The number of amides is 1. The van der Waals surface area contributed by atoms with Gasteiger partial charge in [0.25, 0.3) is 5.91 Å². The molecule has 1 aliphatic rings. The van der Waals surface area contributed by atoms with Gasteiger partial charge in [0.1, 0.15) is 0 Å². The van der Waals surface area contributed by atoms with Crippen LogP contribution in [-0.4, -0.2) is 30.8 Å². The minimum absolute atomic E-state index is 0. The molecule has 0 radical (unpaired) electrons. The lowest BCUT2D eigenvalue weighted by molar-refractivity contribution is 0.0933. The molecule has 1 aromatic heterocycles. The Morgan fingerprint density at radius 3 is 2.61 bits per heavy atom. The fourth-order valence-electron chi connectivity index (χ4n) is 1.86. The highest BCUT2D eigenvalue weighted by atomic mass is 35.5. The lowest BCUT2D eigenvalue weighted by atomic mass is 10.1. The molecular formula is C12H17ClN2O2S. The van der Waals surface area contributed by atoms with Crippen LogP contribution >= 0.6 is 23.7 Å². The van der Waals surface area contributed by atoms with Gasteiger partial charge in [0.15, 0.2) is 5.78 Å². The summed E-state index contributed by atoms with van der Waals surface area (Å²) in [4.78, 5) is 23.7. The summed E-state index contributed by atoms with van der Waals surface area (Å²) in [6, 6.07) is 1.93. The van der Waals surface area contributed by atoms with Crippen molar-refractivity contribution >= 4 is 35.4 Å². The van der Waals surface area contributed by atoms with Gasteiger partial charge in [-0.3, -0.25) is 9.59 Å². The number of carbonyl (C=O) groups is 2. The van der Waals surface area contributed by atoms with Crippen LogP contribution in [0.4, 0.5) is 0 Å². The zero-order valence-electron chi connectivity index (χ0n) is 10.2. The monoisotopic (exact) mass is 288 g/mol. The van der Waals surface area contributed by atoms with E-state index in [2.05, 4.69) is 10.6 Å². The molecule has 18 heavy (non-hydrogen) atoms. The van der Waals surface area contributed by atoms with Crippen molar-refractivity contribution in [3.05, 3.63) is 21.9 Å². The Labute approximate surface area is 117 Å². The maximum absolute atomic E-state index is 11.9. The lowest BCUT2D eigenvalue weighted by Gasteiger charge is -2.23. The molecule has 1 aliphatic heterocycles. The third-order valence-corrected chi connectivity index (χ3v) is 3.83. The molecule has 2 rings (SSSR count). The highest BCUT2D eigenvalue weighted by molar-refractivity contribution is 7.12. The smallest absolute Gasteiger partial charge is 0.261 e. The van der Waals surface area contributed by atoms with Crippen LogP contribution in [0.3, 0.4) is 0 Å². The Morgan fingerprint density at radius 2 is 2.06 bits per heavy atom. The van der Waals surface area contributed by atoms with Crippen LogP contribution in [0.25, 0.3) is 0 Å². The Kier molecular flexibility index (Phi) is 5.78. The molecule has 0 spiro atoms. The minimum atomic E-state index is -0.0607. The summed E-state index contributed by atoms with van der Waals surface area (Å²) in [6.07, 6.45) is 1.94. The van der Waals surface area contributed by atoms with Crippen molar-refractivity contribution in [3.63, 3.8) is 0 Å². The molecular weight excluding hydrogens is 272 g/mol. The predicted molar refractivity (Wildman–Crippen MR) is 74.9 cm³/mol. The molecule has 0 aromatic carbocycles. The van der Waals surface area contributed by atoms with E-state index in [4.69, 9.17) is 0 Å². The maximum Gasteiger partial charge on any atom is 0.261 e. The summed E-state index contributed by atoms with van der Waals surface area (Å²) in [5, 5.41) is 8.00. The van der Waals surface area contributed by atoms with Crippen LogP contribution in [-0.2, 0) is 0 Å². The molecule has 0 saturated carbocycles. The maximum atomic E-state index is 11.9. The zero-order valence-corrected chi connectivity index (χ0v) is 11.8. The number of carbonyl (C=O) groups excluding carboxylic acids is 2. The van der Waals surface area contributed by atoms with Gasteiger partial charge in [0.2, 0.25) is 0 Å². The van der Waals surface area contributed by atoms with Crippen LogP contribution in [0.2, 0.25) is 0 Å². The molecule has 0 atom stereocenters. The van der Waals surface area contributed by atoms with E-state index in [0.29, 0.717) is 10.4 Å². The first kappa shape index (κ1) is 15.1. The van der Waals surface area contributed by atoms with Gasteiger partial charge in [0.05, 0.1) is 4.88 Å². The summed E-state index contributed by atoms with van der Waals surface area (Å²) in [5.41, 5.74) is 0.616. The number of thiophene rings is 1. The van der Waals surface area contributed by atoms with Crippen molar-refractivity contribution in [1.29, 1.82) is 0 Å². The van der Waals surface area contributed by atoms with Crippen LogP contribution in [0, 0.1) is 0 Å². The summed E-state index contributed by atoms with van der Waals surface area (Å²) in [5.74, 6) is -0.0587. The van der Waals surface area contributed by atoms with E-state index in [0.717, 1.165) is 25.9 Å². The highest BCUT2D eigenvalue weighted by Crippen LogP contribution is 2.16. The number of hydrogen-bond acceptors (Lipinski definition) is 4. The van der Waals surface area contributed by atoms with Gasteiger partial charge in [-0.1, -0.05) is 0 Å². The lowest BCUT2D eigenvalue weighted by Crippen LogP contribution is -2.42. The van der Waals surface area contributed by atoms with Crippen LogP contribution in [0.5, 0.6) is 0 Å². The highest BCUT2D eigenvalue weighted by Gasteiger charge is 2.17. The van der Waals surface area contributed by atoms with Gasteiger partial charge in [-0.15, -0.1) is 23.7 Å². The fraction of sp³-hybridized carbons (Fsp3) is 0.500. The molecule has 1 saturated heterocycles. The van der Waals surface area contributed by atoms with Gasteiger partial charge in [-0.05, 0) is 38.9 Å². The summed E-state index contributed by atoms with van der Waals surface area (Å²) in [6.45, 7) is 3.42. The first-order valence-corrected chi connectivity index (χ1v) is 6.66. The first-order valence-electron chi connectivity index (χ1n) is 5.78. The van der Waals surface area contributed by atoms with E-state index < -0.39 is 0 Å². The summed E-state index contributed by atoms with van der Waals surface area (Å²) < 4.78 is 0. The molecule has 0 bridgehead atoms. The van der Waals surface area contributed by atoms with Crippen LogP contribution in [0.15, 0.2) is 11.4 Å². The van der Waals surface area contributed by atoms with Gasteiger partial charge in [0, 0.05) is 17.0 Å². The van der Waals surface area contributed by atoms with Crippen LogP contribution in [0.1, 0.15) is 39.8 Å². The fourth-order valence-corrected chi connectivity index (χ4v) is 2.71.